The van der Waals surface area contributed by atoms with E-state index >= 15 is 0 Å². The SMILES string of the molecule is CC(=O)NCc1ccc(C(=O)Nc2ccc(C)c(C(N)=O)c2)s1. The largest absolute Gasteiger partial charge is 0.366 e. The van der Waals surface area contributed by atoms with E-state index in [2.05, 4.69) is 10.6 Å². The lowest BCUT2D eigenvalue weighted by atomic mass is 10.1. The number of benzene rings is 1. The molecule has 120 valence electrons. The van der Waals surface area contributed by atoms with Crippen LogP contribution in [-0.2, 0) is 11.3 Å². The molecule has 1 aromatic heterocycles. The molecule has 0 fully saturated rings. The Kier molecular flexibility index (Phi) is 5.13. The quantitative estimate of drug-likeness (QED) is 0.781. The molecule has 0 aliphatic carbocycles. The summed E-state index contributed by atoms with van der Waals surface area (Å²) >= 11 is 1.30. The minimum Gasteiger partial charge on any atom is -0.366 e. The second-order valence-corrected chi connectivity index (χ2v) is 6.19. The predicted molar refractivity (Wildman–Crippen MR) is 89.5 cm³/mol. The van der Waals surface area contributed by atoms with Crippen molar-refractivity contribution in [2.24, 2.45) is 5.73 Å². The van der Waals surface area contributed by atoms with Crippen LogP contribution in [0.2, 0.25) is 0 Å². The third kappa shape index (κ3) is 4.40. The molecule has 2 rings (SSSR count). The number of amides is 3. The molecule has 1 aromatic carbocycles. The number of aryl methyl sites for hydroxylation is 1. The van der Waals surface area contributed by atoms with Crippen molar-refractivity contribution in [3.63, 3.8) is 0 Å². The molecular weight excluding hydrogens is 314 g/mol. The molecule has 0 atom stereocenters. The Morgan fingerprint density at radius 3 is 2.57 bits per heavy atom. The minimum absolute atomic E-state index is 0.122. The fraction of sp³-hybridized carbons (Fsp3) is 0.188. The molecule has 0 unspecified atom stereocenters. The summed E-state index contributed by atoms with van der Waals surface area (Å²) in [5.74, 6) is -0.932. The Balaban J connectivity index is 2.09. The third-order valence-electron chi connectivity index (χ3n) is 3.16. The van der Waals surface area contributed by atoms with Gasteiger partial charge in [0.25, 0.3) is 5.91 Å². The van der Waals surface area contributed by atoms with E-state index in [0.29, 0.717) is 22.7 Å². The first kappa shape index (κ1) is 16.7. The highest BCUT2D eigenvalue weighted by molar-refractivity contribution is 7.14. The zero-order valence-electron chi connectivity index (χ0n) is 12.8. The molecular formula is C16H17N3O3S. The lowest BCUT2D eigenvalue weighted by Crippen LogP contribution is -2.18. The first-order valence-electron chi connectivity index (χ1n) is 6.92. The number of rotatable bonds is 5. The van der Waals surface area contributed by atoms with Gasteiger partial charge in [-0.2, -0.15) is 0 Å². The van der Waals surface area contributed by atoms with Crippen molar-refractivity contribution in [2.45, 2.75) is 20.4 Å². The van der Waals surface area contributed by atoms with Crippen LogP contribution in [0.3, 0.4) is 0 Å². The van der Waals surface area contributed by atoms with Gasteiger partial charge in [0.05, 0.1) is 11.4 Å². The highest BCUT2D eigenvalue weighted by Crippen LogP contribution is 2.20. The number of anilines is 1. The maximum absolute atomic E-state index is 12.2. The van der Waals surface area contributed by atoms with Crippen LogP contribution in [0, 0.1) is 6.92 Å². The van der Waals surface area contributed by atoms with Gasteiger partial charge in [-0.05, 0) is 36.8 Å². The molecule has 6 nitrogen and oxygen atoms in total. The molecule has 3 amide bonds. The molecule has 0 saturated carbocycles. The monoisotopic (exact) mass is 331 g/mol. The van der Waals surface area contributed by atoms with E-state index < -0.39 is 5.91 Å². The molecule has 2 aromatic rings. The summed E-state index contributed by atoms with van der Waals surface area (Å²) in [5.41, 5.74) is 6.94. The first-order valence-corrected chi connectivity index (χ1v) is 7.73. The molecule has 0 saturated heterocycles. The van der Waals surface area contributed by atoms with E-state index in [1.165, 1.54) is 18.3 Å². The van der Waals surface area contributed by atoms with E-state index in [0.717, 1.165) is 10.4 Å². The topological polar surface area (TPSA) is 101 Å². The summed E-state index contributed by atoms with van der Waals surface area (Å²) in [6.07, 6.45) is 0. The maximum Gasteiger partial charge on any atom is 0.265 e. The summed E-state index contributed by atoms with van der Waals surface area (Å²) in [7, 11) is 0. The maximum atomic E-state index is 12.2. The average molecular weight is 331 g/mol. The lowest BCUT2D eigenvalue weighted by molar-refractivity contribution is -0.119. The van der Waals surface area contributed by atoms with Gasteiger partial charge in [-0.1, -0.05) is 6.07 Å². The van der Waals surface area contributed by atoms with Crippen LogP contribution in [0.25, 0.3) is 0 Å². The van der Waals surface area contributed by atoms with Crippen LogP contribution < -0.4 is 16.4 Å². The molecule has 0 radical (unpaired) electrons. The van der Waals surface area contributed by atoms with Crippen molar-refractivity contribution in [1.29, 1.82) is 0 Å². The van der Waals surface area contributed by atoms with E-state index in [1.54, 1.807) is 37.3 Å². The van der Waals surface area contributed by atoms with Crippen LogP contribution >= 0.6 is 11.3 Å². The zero-order chi connectivity index (χ0) is 17.0. The summed E-state index contributed by atoms with van der Waals surface area (Å²) in [5, 5.41) is 5.41. The van der Waals surface area contributed by atoms with Crippen molar-refractivity contribution >= 4 is 34.7 Å². The van der Waals surface area contributed by atoms with E-state index in [4.69, 9.17) is 5.73 Å². The zero-order valence-corrected chi connectivity index (χ0v) is 13.6. The van der Waals surface area contributed by atoms with Gasteiger partial charge in [0, 0.05) is 23.1 Å². The van der Waals surface area contributed by atoms with E-state index in [-0.39, 0.29) is 11.8 Å². The number of thiophene rings is 1. The van der Waals surface area contributed by atoms with Crippen LogP contribution in [0.5, 0.6) is 0 Å². The summed E-state index contributed by atoms with van der Waals surface area (Å²) in [6.45, 7) is 3.61. The molecule has 0 spiro atoms. The molecule has 7 heteroatoms. The van der Waals surface area contributed by atoms with Gasteiger partial charge in [-0.15, -0.1) is 11.3 Å². The standard InChI is InChI=1S/C16H17N3O3S/c1-9-3-4-11(7-13(9)15(17)21)19-16(22)14-6-5-12(23-14)8-18-10(2)20/h3-7H,8H2,1-2H3,(H2,17,21)(H,18,20)(H,19,22). The fourth-order valence-electron chi connectivity index (χ4n) is 1.96. The minimum atomic E-state index is -0.535. The molecule has 4 N–H and O–H groups in total. The Hall–Kier alpha value is -2.67. The summed E-state index contributed by atoms with van der Waals surface area (Å²) in [6, 6.07) is 8.49. The van der Waals surface area contributed by atoms with Gasteiger partial charge in [-0.3, -0.25) is 14.4 Å². The van der Waals surface area contributed by atoms with Crippen molar-refractivity contribution < 1.29 is 14.4 Å². The van der Waals surface area contributed by atoms with Gasteiger partial charge in [0.15, 0.2) is 0 Å². The Bertz CT molecular complexity index is 768. The molecule has 1 heterocycles. The fourth-order valence-corrected chi connectivity index (χ4v) is 2.81. The van der Waals surface area contributed by atoms with Gasteiger partial charge in [0.1, 0.15) is 0 Å². The molecule has 23 heavy (non-hydrogen) atoms. The first-order chi connectivity index (χ1) is 10.9. The van der Waals surface area contributed by atoms with E-state index in [9.17, 15) is 14.4 Å². The lowest BCUT2D eigenvalue weighted by Gasteiger charge is -2.07. The van der Waals surface area contributed by atoms with Crippen LogP contribution in [0.4, 0.5) is 5.69 Å². The van der Waals surface area contributed by atoms with Crippen LogP contribution in [-0.4, -0.2) is 17.7 Å². The van der Waals surface area contributed by atoms with E-state index in [1.807, 2.05) is 0 Å². The molecule has 0 bridgehead atoms. The number of hydrogen-bond donors (Lipinski definition) is 3. The highest BCUT2D eigenvalue weighted by atomic mass is 32.1. The van der Waals surface area contributed by atoms with Crippen molar-refractivity contribution in [3.05, 3.63) is 51.2 Å². The third-order valence-corrected chi connectivity index (χ3v) is 4.24. The second kappa shape index (κ2) is 7.06. The van der Waals surface area contributed by atoms with Gasteiger partial charge in [0.2, 0.25) is 11.8 Å². The number of primary amides is 1. The van der Waals surface area contributed by atoms with Crippen molar-refractivity contribution in [2.75, 3.05) is 5.32 Å². The number of carbonyl (C=O) groups excluding carboxylic acids is 3. The van der Waals surface area contributed by atoms with Gasteiger partial charge >= 0.3 is 0 Å². The number of carbonyl (C=O) groups is 3. The highest BCUT2D eigenvalue weighted by Gasteiger charge is 2.12. The Morgan fingerprint density at radius 1 is 1.17 bits per heavy atom. The van der Waals surface area contributed by atoms with Crippen LogP contribution in [0.1, 0.15) is 37.4 Å². The summed E-state index contributed by atoms with van der Waals surface area (Å²) in [4.78, 5) is 35.9. The Labute approximate surface area is 137 Å². The molecule has 0 aliphatic heterocycles. The van der Waals surface area contributed by atoms with Gasteiger partial charge in [-0.25, -0.2) is 0 Å². The smallest absolute Gasteiger partial charge is 0.265 e. The molecule has 0 aliphatic rings. The Morgan fingerprint density at radius 2 is 1.91 bits per heavy atom. The number of hydrogen-bond acceptors (Lipinski definition) is 4. The van der Waals surface area contributed by atoms with Gasteiger partial charge < -0.3 is 16.4 Å². The van der Waals surface area contributed by atoms with Crippen LogP contribution in [0.15, 0.2) is 30.3 Å². The second-order valence-electron chi connectivity index (χ2n) is 5.02. The summed E-state index contributed by atoms with van der Waals surface area (Å²) < 4.78 is 0. The normalized spacial score (nSPS) is 10.2. The number of nitrogens with two attached hydrogens (primary N) is 1. The average Bonchev–Trinajstić information content (AvgIpc) is 2.96. The number of nitrogens with one attached hydrogen (secondary N) is 2. The van der Waals surface area contributed by atoms with Crippen molar-refractivity contribution in [1.82, 2.24) is 5.32 Å². The van der Waals surface area contributed by atoms with Crippen molar-refractivity contribution in [3.8, 4) is 0 Å². The predicted octanol–water partition coefficient (Wildman–Crippen LogP) is 2.04.